The van der Waals surface area contributed by atoms with E-state index in [2.05, 4.69) is 24.9 Å². The Morgan fingerprint density at radius 1 is 1.11 bits per heavy atom. The van der Waals surface area contributed by atoms with Gasteiger partial charge in [0.15, 0.2) is 11.5 Å². The standard InChI is InChI=1S/C24H21F3N8OS/c1-14-11-33(9-10-35(14)18(36)12-34-13-29-17-7-4-8-28-21(17)34)22-19(32-23(37-22)24(25,26)27)20-30-15-5-2-3-6-16(15)31-20/h2-8,13-14H,9-12H2,1H3,(H,30,31). The normalized spacial score (nSPS) is 16.7. The average Bonchev–Trinajstić information content (AvgIpc) is 3.60. The molecule has 5 heterocycles. The maximum Gasteiger partial charge on any atom is 0.443 e. The number of carbonyl (C=O) groups excluding carboxylic acids is 1. The topological polar surface area (TPSA) is 95.8 Å². The van der Waals surface area contributed by atoms with E-state index in [-0.39, 0.29) is 30.0 Å². The Kier molecular flexibility index (Phi) is 5.59. The number of imidazole rings is 2. The van der Waals surface area contributed by atoms with Gasteiger partial charge in [-0.15, -0.1) is 0 Å². The lowest BCUT2D eigenvalue weighted by Gasteiger charge is -2.40. The third-order valence-corrected chi connectivity index (χ3v) is 7.54. The maximum absolute atomic E-state index is 13.6. The minimum absolute atomic E-state index is 0.0842. The predicted octanol–water partition coefficient (Wildman–Crippen LogP) is 4.19. The summed E-state index contributed by atoms with van der Waals surface area (Å²) in [7, 11) is 0. The van der Waals surface area contributed by atoms with Crippen LogP contribution in [0.25, 0.3) is 33.7 Å². The average molecular weight is 527 g/mol. The van der Waals surface area contributed by atoms with E-state index in [4.69, 9.17) is 0 Å². The predicted molar refractivity (Wildman–Crippen MR) is 133 cm³/mol. The first-order valence-corrected chi connectivity index (χ1v) is 12.4. The van der Waals surface area contributed by atoms with Crippen molar-refractivity contribution in [2.75, 3.05) is 24.5 Å². The molecule has 0 radical (unpaired) electrons. The highest BCUT2D eigenvalue weighted by atomic mass is 32.1. The van der Waals surface area contributed by atoms with Gasteiger partial charge in [0.05, 0.1) is 17.4 Å². The molecule has 1 saturated heterocycles. The molecule has 4 aromatic heterocycles. The minimum atomic E-state index is -4.57. The van der Waals surface area contributed by atoms with Gasteiger partial charge in [-0.25, -0.2) is 19.9 Å². The summed E-state index contributed by atoms with van der Waals surface area (Å²) >= 11 is 0.600. The number of para-hydroxylation sites is 2. The summed E-state index contributed by atoms with van der Waals surface area (Å²) in [6.45, 7) is 3.06. The summed E-state index contributed by atoms with van der Waals surface area (Å²) in [6, 6.07) is 10.6. The van der Waals surface area contributed by atoms with Gasteiger partial charge in [0, 0.05) is 31.9 Å². The Hall–Kier alpha value is -4.00. The van der Waals surface area contributed by atoms with Crippen LogP contribution in [0.4, 0.5) is 18.2 Å². The zero-order chi connectivity index (χ0) is 25.7. The number of nitrogens with zero attached hydrogens (tertiary/aromatic N) is 7. The van der Waals surface area contributed by atoms with Crippen molar-refractivity contribution >= 4 is 44.4 Å². The van der Waals surface area contributed by atoms with Crippen LogP contribution in [0.5, 0.6) is 0 Å². The molecule has 0 saturated carbocycles. The molecule has 0 spiro atoms. The number of hydrogen-bond acceptors (Lipinski definition) is 7. The zero-order valence-electron chi connectivity index (χ0n) is 19.6. The molecule has 1 amide bonds. The van der Waals surface area contributed by atoms with Gasteiger partial charge >= 0.3 is 6.18 Å². The van der Waals surface area contributed by atoms with Gasteiger partial charge in [-0.2, -0.15) is 13.2 Å². The molecule has 1 unspecified atom stereocenters. The second-order valence-electron chi connectivity index (χ2n) is 8.87. The number of fused-ring (bicyclic) bond motifs is 2. The molecule has 37 heavy (non-hydrogen) atoms. The number of anilines is 1. The number of nitrogens with one attached hydrogen (secondary N) is 1. The Bertz CT molecular complexity index is 1570. The van der Waals surface area contributed by atoms with Crippen molar-refractivity contribution in [2.24, 2.45) is 0 Å². The second kappa shape index (κ2) is 8.83. The van der Waals surface area contributed by atoms with E-state index in [1.165, 1.54) is 0 Å². The molecule has 1 aliphatic heterocycles. The molecule has 0 aliphatic carbocycles. The van der Waals surface area contributed by atoms with Gasteiger partial charge in [-0.1, -0.05) is 23.5 Å². The number of aromatic nitrogens is 6. The molecular weight excluding hydrogens is 505 g/mol. The van der Waals surface area contributed by atoms with Gasteiger partial charge in [0.1, 0.15) is 22.8 Å². The lowest BCUT2D eigenvalue weighted by molar-refractivity contribution is -0.137. The van der Waals surface area contributed by atoms with Gasteiger partial charge < -0.3 is 19.4 Å². The molecule has 0 bridgehead atoms. The van der Waals surface area contributed by atoms with Crippen molar-refractivity contribution in [1.29, 1.82) is 0 Å². The highest BCUT2D eigenvalue weighted by Gasteiger charge is 2.39. The van der Waals surface area contributed by atoms with Crippen LogP contribution in [-0.4, -0.2) is 66.0 Å². The van der Waals surface area contributed by atoms with E-state index >= 15 is 0 Å². The van der Waals surface area contributed by atoms with Crippen molar-refractivity contribution in [1.82, 2.24) is 34.4 Å². The molecule has 1 aromatic carbocycles. The van der Waals surface area contributed by atoms with Crippen molar-refractivity contribution in [3.8, 4) is 11.5 Å². The van der Waals surface area contributed by atoms with E-state index in [1.807, 2.05) is 36.1 Å². The Labute approximate surface area is 212 Å². The number of hydrogen-bond donors (Lipinski definition) is 1. The highest BCUT2D eigenvalue weighted by molar-refractivity contribution is 7.16. The molecule has 1 N–H and O–H groups in total. The highest BCUT2D eigenvalue weighted by Crippen LogP contribution is 2.42. The number of rotatable bonds is 4. The minimum Gasteiger partial charge on any atom is -0.358 e. The number of benzene rings is 1. The van der Waals surface area contributed by atoms with E-state index in [1.54, 1.807) is 34.1 Å². The molecule has 6 rings (SSSR count). The number of pyridine rings is 1. The SMILES string of the molecule is CC1CN(c2sc(C(F)(F)F)nc2-c2nc3ccccc3[nH]2)CCN1C(=O)Cn1cnc2cccnc21. The van der Waals surface area contributed by atoms with E-state index in [0.717, 1.165) is 5.52 Å². The largest absolute Gasteiger partial charge is 0.443 e. The fourth-order valence-corrected chi connectivity index (χ4v) is 5.60. The van der Waals surface area contributed by atoms with E-state index in [9.17, 15) is 18.0 Å². The van der Waals surface area contributed by atoms with Gasteiger partial charge in [-0.05, 0) is 31.2 Å². The summed E-state index contributed by atoms with van der Waals surface area (Å²) in [5, 5.41) is -0.543. The smallest absolute Gasteiger partial charge is 0.358 e. The lowest BCUT2D eigenvalue weighted by Crippen LogP contribution is -2.54. The van der Waals surface area contributed by atoms with Gasteiger partial charge in [0.25, 0.3) is 0 Å². The summed E-state index contributed by atoms with van der Waals surface area (Å²) in [5.41, 5.74) is 2.86. The molecule has 5 aromatic rings. The summed E-state index contributed by atoms with van der Waals surface area (Å²) < 4.78 is 42.6. The monoisotopic (exact) mass is 526 g/mol. The third-order valence-electron chi connectivity index (χ3n) is 6.38. The number of H-pyrrole nitrogens is 1. The molecule has 1 fully saturated rings. The Morgan fingerprint density at radius 3 is 2.70 bits per heavy atom. The van der Waals surface area contributed by atoms with Gasteiger partial charge in [-0.3, -0.25) is 4.79 Å². The van der Waals surface area contributed by atoms with Gasteiger partial charge in [0.2, 0.25) is 10.9 Å². The number of amides is 1. The number of aromatic amines is 1. The second-order valence-corrected chi connectivity index (χ2v) is 9.85. The molecule has 190 valence electrons. The number of alkyl halides is 3. The molecule has 9 nitrogen and oxygen atoms in total. The summed E-state index contributed by atoms with van der Waals surface area (Å²) in [4.78, 5) is 36.8. The van der Waals surface area contributed by atoms with E-state index < -0.39 is 11.2 Å². The quantitative estimate of drug-likeness (QED) is 0.377. The number of carbonyl (C=O) groups is 1. The van der Waals surface area contributed by atoms with E-state index in [0.29, 0.717) is 52.7 Å². The first kappa shape index (κ1) is 23.4. The fourth-order valence-electron chi connectivity index (χ4n) is 4.63. The lowest BCUT2D eigenvalue weighted by atomic mass is 10.2. The van der Waals surface area contributed by atoms with Crippen LogP contribution < -0.4 is 4.90 Å². The van der Waals surface area contributed by atoms with Crippen LogP contribution in [0.15, 0.2) is 48.9 Å². The van der Waals surface area contributed by atoms with Crippen LogP contribution in [-0.2, 0) is 17.5 Å². The summed E-state index contributed by atoms with van der Waals surface area (Å²) in [5.74, 6) is 0.184. The van der Waals surface area contributed by atoms with Crippen molar-refractivity contribution < 1.29 is 18.0 Å². The zero-order valence-corrected chi connectivity index (χ0v) is 20.4. The van der Waals surface area contributed by atoms with Crippen LogP contribution >= 0.6 is 11.3 Å². The number of thiazole rings is 1. The fraction of sp³-hybridized carbons (Fsp3) is 0.292. The first-order valence-electron chi connectivity index (χ1n) is 11.6. The van der Waals surface area contributed by atoms with Crippen molar-refractivity contribution in [2.45, 2.75) is 25.7 Å². The number of piperazine rings is 1. The molecule has 1 atom stereocenters. The van der Waals surface area contributed by atoms with Crippen LogP contribution in [0.2, 0.25) is 0 Å². The van der Waals surface area contributed by atoms with Crippen LogP contribution in [0.3, 0.4) is 0 Å². The Balaban J connectivity index is 1.25. The molecule has 13 heteroatoms. The van der Waals surface area contributed by atoms with Crippen molar-refractivity contribution in [3.63, 3.8) is 0 Å². The Morgan fingerprint density at radius 2 is 1.92 bits per heavy atom. The van der Waals surface area contributed by atoms with Crippen LogP contribution in [0.1, 0.15) is 11.9 Å². The van der Waals surface area contributed by atoms with Crippen LogP contribution in [0, 0.1) is 0 Å². The van der Waals surface area contributed by atoms with Crippen molar-refractivity contribution in [3.05, 3.63) is 53.9 Å². The molecule has 1 aliphatic rings. The molecular formula is C24H21F3N8OS. The number of halogens is 3. The summed E-state index contributed by atoms with van der Waals surface area (Å²) in [6.07, 6.45) is -1.34. The first-order chi connectivity index (χ1) is 17.8. The maximum atomic E-state index is 13.6. The third kappa shape index (κ3) is 4.28.